The number of hydrogen-bond acceptors (Lipinski definition) is 3. The van der Waals surface area contributed by atoms with E-state index in [0.717, 1.165) is 29.8 Å². The maximum Gasteiger partial charge on any atom is 0.320 e. The molecule has 1 aromatic carbocycles. The van der Waals surface area contributed by atoms with Gasteiger partial charge in [0.2, 0.25) is 0 Å². The molecule has 0 bridgehead atoms. The van der Waals surface area contributed by atoms with Crippen LogP contribution in [0.15, 0.2) is 30.3 Å². The highest BCUT2D eigenvalue weighted by Gasteiger charge is 2.30. The highest BCUT2D eigenvalue weighted by atomic mass is 16.2. The number of para-hydroxylation sites is 1. The van der Waals surface area contributed by atoms with Gasteiger partial charge in [0.25, 0.3) is 0 Å². The fraction of sp³-hybridized carbons (Fsp3) is 0.421. The monoisotopic (exact) mass is 370 g/mol. The molecule has 1 fully saturated rings. The summed E-state index contributed by atoms with van der Waals surface area (Å²) < 4.78 is 1.79. The molecule has 0 spiro atoms. The molecule has 0 saturated heterocycles. The summed E-state index contributed by atoms with van der Waals surface area (Å²) in [6.45, 7) is 2.68. The first kappa shape index (κ1) is 18.8. The standard InChI is InChI=1S/C19H26N6O2/c1-13-16(14-9-10-14)23-25(15-7-5-4-6-8-15)17(13)22-18(26)20-11-12-21-19(27)24(2)3/h4-8,14H,9-12H2,1-3H3,(H,21,27)(H2,20,22,26). The topological polar surface area (TPSA) is 91.3 Å². The molecule has 8 heteroatoms. The molecule has 1 saturated carbocycles. The lowest BCUT2D eigenvalue weighted by atomic mass is 10.2. The highest BCUT2D eigenvalue weighted by molar-refractivity contribution is 5.89. The summed E-state index contributed by atoms with van der Waals surface area (Å²) in [5, 5.41) is 13.1. The normalized spacial score (nSPS) is 13.1. The number of aromatic nitrogens is 2. The molecule has 1 aromatic heterocycles. The molecule has 0 unspecified atom stereocenters. The van der Waals surface area contributed by atoms with Crippen molar-refractivity contribution in [2.75, 3.05) is 32.5 Å². The van der Waals surface area contributed by atoms with Crippen molar-refractivity contribution in [3.8, 4) is 5.69 Å². The van der Waals surface area contributed by atoms with E-state index in [0.29, 0.717) is 24.8 Å². The molecule has 4 amide bonds. The van der Waals surface area contributed by atoms with Crippen molar-refractivity contribution in [1.29, 1.82) is 0 Å². The van der Waals surface area contributed by atoms with Gasteiger partial charge in [0.1, 0.15) is 5.82 Å². The fourth-order valence-corrected chi connectivity index (χ4v) is 2.82. The summed E-state index contributed by atoms with van der Waals surface area (Å²) in [6.07, 6.45) is 2.29. The molecular weight excluding hydrogens is 344 g/mol. The van der Waals surface area contributed by atoms with Crippen LogP contribution in [0.5, 0.6) is 0 Å². The molecule has 3 N–H and O–H groups in total. The van der Waals surface area contributed by atoms with Gasteiger partial charge in [-0.25, -0.2) is 14.3 Å². The minimum Gasteiger partial charge on any atom is -0.336 e. The molecule has 1 aliphatic rings. The molecule has 27 heavy (non-hydrogen) atoms. The number of anilines is 1. The minimum atomic E-state index is -0.323. The van der Waals surface area contributed by atoms with E-state index < -0.39 is 0 Å². The molecule has 2 aromatic rings. The van der Waals surface area contributed by atoms with Gasteiger partial charge in [0.05, 0.1) is 11.4 Å². The lowest BCUT2D eigenvalue weighted by Crippen LogP contribution is -2.40. The lowest BCUT2D eigenvalue weighted by Gasteiger charge is -2.13. The maximum atomic E-state index is 12.3. The van der Waals surface area contributed by atoms with Crippen LogP contribution in [-0.4, -0.2) is 53.9 Å². The number of hydrogen-bond donors (Lipinski definition) is 3. The molecule has 1 heterocycles. The Kier molecular flexibility index (Phi) is 5.63. The average Bonchev–Trinajstić information content (AvgIpc) is 3.45. The summed E-state index contributed by atoms with van der Waals surface area (Å²) in [6, 6.07) is 9.25. The van der Waals surface area contributed by atoms with E-state index in [2.05, 4.69) is 16.0 Å². The Bertz CT molecular complexity index is 811. The van der Waals surface area contributed by atoms with Crippen LogP contribution in [0.3, 0.4) is 0 Å². The van der Waals surface area contributed by atoms with Gasteiger partial charge in [-0.15, -0.1) is 0 Å². The third kappa shape index (κ3) is 4.58. The van der Waals surface area contributed by atoms with E-state index >= 15 is 0 Å². The van der Waals surface area contributed by atoms with E-state index in [-0.39, 0.29) is 12.1 Å². The Morgan fingerprint density at radius 3 is 2.44 bits per heavy atom. The van der Waals surface area contributed by atoms with E-state index in [1.165, 1.54) is 4.90 Å². The van der Waals surface area contributed by atoms with E-state index in [1.54, 1.807) is 18.8 Å². The van der Waals surface area contributed by atoms with Crippen molar-refractivity contribution >= 4 is 17.9 Å². The average molecular weight is 370 g/mol. The molecule has 144 valence electrons. The number of amides is 4. The summed E-state index contributed by atoms with van der Waals surface area (Å²) in [5.41, 5.74) is 2.95. The third-order valence-corrected chi connectivity index (χ3v) is 4.45. The van der Waals surface area contributed by atoms with Crippen LogP contribution in [0, 0.1) is 6.92 Å². The molecule has 8 nitrogen and oxygen atoms in total. The number of carbonyl (C=O) groups is 2. The largest absolute Gasteiger partial charge is 0.336 e. The zero-order valence-electron chi connectivity index (χ0n) is 16.0. The van der Waals surface area contributed by atoms with Crippen molar-refractivity contribution < 1.29 is 9.59 Å². The second-order valence-electron chi connectivity index (χ2n) is 6.89. The summed E-state index contributed by atoms with van der Waals surface area (Å²) in [7, 11) is 3.33. The molecule has 1 aliphatic carbocycles. The van der Waals surface area contributed by atoms with Gasteiger partial charge in [-0.2, -0.15) is 5.10 Å². The van der Waals surface area contributed by atoms with Crippen LogP contribution in [0.1, 0.15) is 30.0 Å². The second-order valence-corrected chi connectivity index (χ2v) is 6.89. The number of nitrogens with zero attached hydrogens (tertiary/aromatic N) is 3. The molecule has 3 rings (SSSR count). The fourth-order valence-electron chi connectivity index (χ4n) is 2.82. The van der Waals surface area contributed by atoms with Crippen LogP contribution >= 0.6 is 0 Å². The first-order valence-corrected chi connectivity index (χ1v) is 9.12. The zero-order valence-corrected chi connectivity index (χ0v) is 16.0. The number of carbonyl (C=O) groups excluding carboxylic acids is 2. The van der Waals surface area contributed by atoms with Gasteiger partial charge >= 0.3 is 12.1 Å². The number of nitrogens with one attached hydrogen (secondary N) is 3. The van der Waals surface area contributed by atoms with Gasteiger partial charge in [0.15, 0.2) is 0 Å². The predicted octanol–water partition coefficient (Wildman–Crippen LogP) is 2.45. The first-order chi connectivity index (χ1) is 13.0. The molecule has 0 aliphatic heterocycles. The van der Waals surface area contributed by atoms with Crippen molar-refractivity contribution in [2.24, 2.45) is 0 Å². The SMILES string of the molecule is Cc1c(C2CC2)nn(-c2ccccc2)c1NC(=O)NCCNC(=O)N(C)C. The lowest BCUT2D eigenvalue weighted by molar-refractivity contribution is 0.217. The zero-order chi connectivity index (χ0) is 19.4. The van der Waals surface area contributed by atoms with Crippen LogP contribution in [0.4, 0.5) is 15.4 Å². The summed E-state index contributed by atoms with van der Waals surface area (Å²) in [5.74, 6) is 1.16. The predicted molar refractivity (Wildman–Crippen MR) is 104 cm³/mol. The third-order valence-electron chi connectivity index (χ3n) is 4.45. The van der Waals surface area contributed by atoms with Gasteiger partial charge < -0.3 is 15.5 Å². The number of urea groups is 2. The first-order valence-electron chi connectivity index (χ1n) is 9.12. The van der Waals surface area contributed by atoms with Gasteiger partial charge in [-0.05, 0) is 31.9 Å². The van der Waals surface area contributed by atoms with Gasteiger partial charge in [-0.3, -0.25) is 5.32 Å². The Morgan fingerprint density at radius 2 is 1.81 bits per heavy atom. The van der Waals surface area contributed by atoms with Crippen molar-refractivity contribution in [2.45, 2.75) is 25.7 Å². The van der Waals surface area contributed by atoms with Gasteiger partial charge in [-0.1, -0.05) is 18.2 Å². The van der Waals surface area contributed by atoms with Crippen LogP contribution < -0.4 is 16.0 Å². The smallest absolute Gasteiger partial charge is 0.320 e. The van der Waals surface area contributed by atoms with Crippen molar-refractivity contribution in [3.05, 3.63) is 41.6 Å². The summed E-state index contributed by atoms with van der Waals surface area (Å²) >= 11 is 0. The number of rotatable bonds is 6. The molecule has 0 atom stereocenters. The maximum absolute atomic E-state index is 12.3. The van der Waals surface area contributed by atoms with E-state index in [4.69, 9.17) is 5.10 Å². The van der Waals surface area contributed by atoms with Crippen LogP contribution in [-0.2, 0) is 0 Å². The van der Waals surface area contributed by atoms with E-state index in [1.807, 2.05) is 37.3 Å². The quantitative estimate of drug-likeness (QED) is 0.682. The summed E-state index contributed by atoms with van der Waals surface area (Å²) in [4.78, 5) is 25.3. The second kappa shape index (κ2) is 8.11. The minimum absolute atomic E-state index is 0.190. The van der Waals surface area contributed by atoms with Crippen molar-refractivity contribution in [1.82, 2.24) is 25.3 Å². The Balaban J connectivity index is 1.66. The molecular formula is C19H26N6O2. The van der Waals surface area contributed by atoms with Gasteiger partial charge in [0, 0.05) is 38.7 Å². The Labute approximate surface area is 158 Å². The Hall–Kier alpha value is -3.03. The Morgan fingerprint density at radius 1 is 1.15 bits per heavy atom. The number of benzene rings is 1. The highest BCUT2D eigenvalue weighted by Crippen LogP contribution is 2.42. The van der Waals surface area contributed by atoms with Crippen LogP contribution in [0.25, 0.3) is 5.69 Å². The van der Waals surface area contributed by atoms with Crippen LogP contribution in [0.2, 0.25) is 0 Å². The molecule has 0 radical (unpaired) electrons. The van der Waals surface area contributed by atoms with E-state index in [9.17, 15) is 9.59 Å². The van der Waals surface area contributed by atoms with Crippen molar-refractivity contribution in [3.63, 3.8) is 0 Å².